The third-order valence-corrected chi connectivity index (χ3v) is 4.91. The van der Waals surface area contributed by atoms with E-state index in [4.69, 9.17) is 16.3 Å². The molecule has 1 aromatic rings. The molecule has 0 amide bonds. The van der Waals surface area contributed by atoms with E-state index in [0.717, 1.165) is 18.2 Å². The van der Waals surface area contributed by atoms with E-state index in [9.17, 15) is 0 Å². The molecule has 0 unspecified atom stereocenters. The van der Waals surface area contributed by atoms with Gasteiger partial charge in [0.2, 0.25) is 0 Å². The fraction of sp³-hybridized carbons (Fsp3) is 0.625. The van der Waals surface area contributed by atoms with Gasteiger partial charge in [-0.1, -0.05) is 17.7 Å². The Kier molecular flexibility index (Phi) is 4.20. The van der Waals surface area contributed by atoms with E-state index in [1.54, 1.807) is 7.11 Å². The van der Waals surface area contributed by atoms with Gasteiger partial charge in [-0.05, 0) is 43.5 Å². The molecule has 110 valence electrons. The Morgan fingerprint density at radius 3 is 2.85 bits per heavy atom. The molecule has 3 nitrogen and oxygen atoms in total. The fourth-order valence-corrected chi connectivity index (χ4v) is 3.93. The summed E-state index contributed by atoms with van der Waals surface area (Å²) in [5.41, 5.74) is 1.28. The van der Waals surface area contributed by atoms with Crippen LogP contribution in [0.3, 0.4) is 0 Å². The molecule has 0 saturated carbocycles. The summed E-state index contributed by atoms with van der Waals surface area (Å²) in [6.45, 7) is 4.66. The predicted octanol–water partition coefficient (Wildman–Crippen LogP) is 2.87. The largest absolute Gasteiger partial charge is 0.495 e. The minimum atomic E-state index is 0.694. The second-order valence-electron chi connectivity index (χ2n) is 6.22. The van der Waals surface area contributed by atoms with E-state index in [1.807, 2.05) is 12.1 Å². The van der Waals surface area contributed by atoms with Crippen molar-refractivity contribution in [2.75, 3.05) is 33.8 Å². The molecular formula is C16H23ClN2O. The van der Waals surface area contributed by atoms with Crippen molar-refractivity contribution in [1.29, 1.82) is 0 Å². The van der Waals surface area contributed by atoms with Crippen molar-refractivity contribution < 1.29 is 4.74 Å². The molecule has 0 aromatic heterocycles. The van der Waals surface area contributed by atoms with Crippen LogP contribution in [0, 0.1) is 5.92 Å². The number of halogens is 1. The molecule has 20 heavy (non-hydrogen) atoms. The molecule has 3 saturated heterocycles. The molecule has 0 N–H and O–H groups in total. The lowest BCUT2D eigenvalue weighted by atomic mass is 9.94. The SMILES string of the molecule is COc1ccc(CN2C[C@H]3CC[C@@H]2CN(C)C3)cc1Cl. The van der Waals surface area contributed by atoms with Crippen molar-refractivity contribution in [3.8, 4) is 5.75 Å². The smallest absolute Gasteiger partial charge is 0.137 e. The Balaban J connectivity index is 1.73. The number of hydrogen-bond acceptors (Lipinski definition) is 3. The number of piperidine rings is 1. The zero-order valence-corrected chi connectivity index (χ0v) is 13.1. The minimum absolute atomic E-state index is 0.694. The van der Waals surface area contributed by atoms with Gasteiger partial charge in [0, 0.05) is 32.2 Å². The first kappa shape index (κ1) is 14.2. The van der Waals surface area contributed by atoms with Crippen molar-refractivity contribution in [3.63, 3.8) is 0 Å². The molecule has 0 spiro atoms. The first-order valence-electron chi connectivity index (χ1n) is 7.40. The Bertz CT molecular complexity index is 480. The van der Waals surface area contributed by atoms with Crippen molar-refractivity contribution in [1.82, 2.24) is 9.80 Å². The molecule has 2 atom stereocenters. The lowest BCUT2D eigenvalue weighted by molar-refractivity contribution is 0.124. The van der Waals surface area contributed by atoms with Gasteiger partial charge < -0.3 is 9.64 Å². The van der Waals surface area contributed by atoms with Crippen molar-refractivity contribution in [3.05, 3.63) is 28.8 Å². The highest BCUT2D eigenvalue weighted by Gasteiger charge is 2.33. The summed E-state index contributed by atoms with van der Waals surface area (Å²) in [7, 11) is 3.91. The highest BCUT2D eigenvalue weighted by atomic mass is 35.5. The fourth-order valence-electron chi connectivity index (χ4n) is 3.65. The summed E-state index contributed by atoms with van der Waals surface area (Å²) in [6.07, 6.45) is 2.72. The van der Waals surface area contributed by atoms with Crippen LogP contribution in [0.4, 0.5) is 0 Å². The number of likely N-dealkylation sites (N-methyl/N-ethyl adjacent to an activating group) is 1. The average Bonchev–Trinajstić information content (AvgIpc) is 2.68. The van der Waals surface area contributed by atoms with E-state index in [1.165, 1.54) is 38.0 Å². The van der Waals surface area contributed by atoms with E-state index in [2.05, 4.69) is 22.9 Å². The molecule has 3 aliphatic rings. The monoisotopic (exact) mass is 294 g/mol. The molecule has 0 aliphatic carbocycles. The van der Waals surface area contributed by atoms with Crippen molar-refractivity contribution >= 4 is 11.6 Å². The van der Waals surface area contributed by atoms with Crippen LogP contribution in [0.2, 0.25) is 5.02 Å². The quantitative estimate of drug-likeness (QED) is 0.852. The maximum Gasteiger partial charge on any atom is 0.137 e. The summed E-state index contributed by atoms with van der Waals surface area (Å²) in [6, 6.07) is 6.84. The molecule has 2 bridgehead atoms. The molecule has 3 heterocycles. The summed E-state index contributed by atoms with van der Waals surface area (Å²) in [5.74, 6) is 1.58. The lowest BCUT2D eigenvalue weighted by Crippen LogP contribution is -2.43. The number of rotatable bonds is 3. The van der Waals surface area contributed by atoms with E-state index < -0.39 is 0 Å². The molecule has 4 rings (SSSR count). The van der Waals surface area contributed by atoms with Gasteiger partial charge in [0.25, 0.3) is 0 Å². The normalized spacial score (nSPS) is 27.6. The molecule has 4 heteroatoms. The first-order chi connectivity index (χ1) is 9.65. The molecule has 1 aromatic carbocycles. The van der Waals surface area contributed by atoms with Gasteiger partial charge in [0.05, 0.1) is 12.1 Å². The molecular weight excluding hydrogens is 272 g/mol. The standard InChI is InChI=1S/C16H23ClN2O/c1-18-8-13-3-5-14(11-18)19(10-13)9-12-4-6-16(20-2)15(17)7-12/h4,6-7,13-14H,3,5,8-11H2,1-2H3/t13-,14+/m0/s1. The number of methoxy groups -OCH3 is 1. The summed E-state index contributed by atoms with van der Waals surface area (Å²) in [4.78, 5) is 5.12. The topological polar surface area (TPSA) is 15.7 Å². The van der Waals surface area contributed by atoms with Crippen LogP contribution in [0.1, 0.15) is 18.4 Å². The number of nitrogens with zero attached hydrogens (tertiary/aromatic N) is 2. The Morgan fingerprint density at radius 2 is 2.10 bits per heavy atom. The van der Waals surface area contributed by atoms with Gasteiger partial charge in [-0.15, -0.1) is 0 Å². The number of fused-ring (bicyclic) bond motifs is 4. The maximum absolute atomic E-state index is 6.23. The number of ether oxygens (including phenoxy) is 1. The van der Waals surface area contributed by atoms with Gasteiger partial charge in [-0.25, -0.2) is 0 Å². The van der Waals surface area contributed by atoms with Gasteiger partial charge in [0.15, 0.2) is 0 Å². The highest BCUT2D eigenvalue weighted by Crippen LogP contribution is 2.30. The van der Waals surface area contributed by atoms with Crippen LogP contribution in [0.5, 0.6) is 5.75 Å². The Hall–Kier alpha value is -0.770. The molecule has 3 fully saturated rings. The summed E-state index contributed by atoms with van der Waals surface area (Å²) in [5, 5.41) is 0.710. The lowest BCUT2D eigenvalue weighted by Gasteiger charge is -2.36. The van der Waals surface area contributed by atoms with Crippen LogP contribution >= 0.6 is 11.6 Å². The second-order valence-corrected chi connectivity index (χ2v) is 6.62. The maximum atomic E-state index is 6.23. The van der Waals surface area contributed by atoms with Crippen molar-refractivity contribution in [2.24, 2.45) is 5.92 Å². The highest BCUT2D eigenvalue weighted by molar-refractivity contribution is 6.32. The third kappa shape index (κ3) is 2.95. The Labute approximate surface area is 126 Å². The van der Waals surface area contributed by atoms with E-state index in [-0.39, 0.29) is 0 Å². The molecule has 3 aliphatic heterocycles. The van der Waals surface area contributed by atoms with Gasteiger partial charge in [-0.3, -0.25) is 4.90 Å². The van der Waals surface area contributed by atoms with Crippen LogP contribution in [0.25, 0.3) is 0 Å². The predicted molar refractivity (Wildman–Crippen MR) is 82.4 cm³/mol. The average molecular weight is 295 g/mol. The van der Waals surface area contributed by atoms with Crippen LogP contribution in [0.15, 0.2) is 18.2 Å². The second kappa shape index (κ2) is 5.92. The molecule has 0 radical (unpaired) electrons. The number of benzene rings is 1. The van der Waals surface area contributed by atoms with Gasteiger partial charge in [-0.2, -0.15) is 0 Å². The zero-order chi connectivity index (χ0) is 14.1. The van der Waals surface area contributed by atoms with E-state index in [0.29, 0.717) is 11.1 Å². The Morgan fingerprint density at radius 1 is 1.25 bits per heavy atom. The third-order valence-electron chi connectivity index (χ3n) is 4.61. The van der Waals surface area contributed by atoms with Gasteiger partial charge >= 0.3 is 0 Å². The van der Waals surface area contributed by atoms with Crippen molar-refractivity contribution in [2.45, 2.75) is 25.4 Å². The van der Waals surface area contributed by atoms with Crippen LogP contribution < -0.4 is 4.74 Å². The zero-order valence-electron chi connectivity index (χ0n) is 12.3. The van der Waals surface area contributed by atoms with Crippen LogP contribution in [-0.2, 0) is 6.54 Å². The number of hydrogen-bond donors (Lipinski definition) is 0. The minimum Gasteiger partial charge on any atom is -0.495 e. The first-order valence-corrected chi connectivity index (χ1v) is 7.78. The van der Waals surface area contributed by atoms with Crippen LogP contribution in [-0.4, -0.2) is 49.6 Å². The van der Waals surface area contributed by atoms with Gasteiger partial charge in [0.1, 0.15) is 5.75 Å². The summed E-state index contributed by atoms with van der Waals surface area (Å²) >= 11 is 6.23. The van der Waals surface area contributed by atoms with E-state index >= 15 is 0 Å². The summed E-state index contributed by atoms with van der Waals surface area (Å²) < 4.78 is 5.22.